The van der Waals surface area contributed by atoms with Crippen molar-refractivity contribution in [2.45, 2.75) is 56.9 Å². The van der Waals surface area contributed by atoms with E-state index in [1.54, 1.807) is 31.6 Å². The first kappa shape index (κ1) is 26.7. The topological polar surface area (TPSA) is 93.1 Å². The van der Waals surface area contributed by atoms with Crippen LogP contribution in [0, 0.1) is 0 Å². The predicted molar refractivity (Wildman–Crippen MR) is 154 cm³/mol. The Kier molecular flexibility index (Phi) is 8.46. The minimum Gasteiger partial charge on any atom is -0.493 e. The minimum atomic E-state index is -0.222. The van der Waals surface area contributed by atoms with Gasteiger partial charge in [0.25, 0.3) is 5.91 Å². The first-order chi connectivity index (χ1) is 19.0. The minimum absolute atomic E-state index is 0.0625. The second-order valence-electron chi connectivity index (χ2n) is 9.60. The molecule has 0 radical (unpaired) electrons. The van der Waals surface area contributed by atoms with Crippen molar-refractivity contribution in [2.24, 2.45) is 5.10 Å². The molecule has 2 aliphatic rings. The number of nitrogens with one attached hydrogen (secondary N) is 1. The number of hydrogen-bond donors (Lipinski definition) is 1. The second-order valence-corrected chi connectivity index (χ2v) is 10.8. The van der Waals surface area contributed by atoms with Crippen molar-refractivity contribution in [1.82, 2.24) is 9.99 Å². The van der Waals surface area contributed by atoms with Crippen molar-refractivity contribution in [1.29, 1.82) is 0 Å². The van der Waals surface area contributed by atoms with E-state index in [1.807, 2.05) is 42.5 Å². The lowest BCUT2D eigenvalue weighted by molar-refractivity contribution is 0.102. The number of hydrazone groups is 1. The Balaban J connectivity index is 1.37. The van der Waals surface area contributed by atoms with Crippen molar-refractivity contribution >= 4 is 34.3 Å². The van der Waals surface area contributed by atoms with Crippen LogP contribution in [0.2, 0.25) is 0 Å². The van der Waals surface area contributed by atoms with Gasteiger partial charge in [0.15, 0.2) is 11.5 Å². The van der Waals surface area contributed by atoms with Crippen molar-refractivity contribution in [2.75, 3.05) is 12.4 Å². The van der Waals surface area contributed by atoms with E-state index in [2.05, 4.69) is 17.2 Å². The summed E-state index contributed by atoms with van der Waals surface area (Å²) in [5, 5.41) is 9.07. The van der Waals surface area contributed by atoms with Crippen molar-refractivity contribution in [3.63, 3.8) is 0 Å². The molecule has 202 valence electrons. The fraction of sp³-hybridized carbons (Fsp3) is 0.333. The van der Waals surface area contributed by atoms with E-state index in [9.17, 15) is 9.59 Å². The molecule has 1 atom stereocenters. The van der Waals surface area contributed by atoms with Crippen LogP contribution in [-0.2, 0) is 6.54 Å². The maximum absolute atomic E-state index is 13.1. The summed E-state index contributed by atoms with van der Waals surface area (Å²) in [7, 11) is 1.65. The van der Waals surface area contributed by atoms with E-state index in [0.717, 1.165) is 36.1 Å². The molecular formula is C30H32N4O4S. The molecular weight excluding hydrogens is 512 g/mol. The van der Waals surface area contributed by atoms with E-state index in [1.165, 1.54) is 29.6 Å². The molecule has 5 rings (SSSR count). The maximum atomic E-state index is 13.1. The third-order valence-electron chi connectivity index (χ3n) is 6.87. The molecule has 1 unspecified atom stereocenters. The van der Waals surface area contributed by atoms with Gasteiger partial charge in [-0.1, -0.05) is 30.8 Å². The van der Waals surface area contributed by atoms with Gasteiger partial charge in [-0.25, -0.2) is 5.01 Å². The standard InChI is InChI=1S/C30H32N4O4S/c1-3-27-28(22-11-12-25(37-2)26(18-22)38-24-9-4-5-10-24)33-34(30(36)39-27)19-20-7-6-8-23(17-20)32-29(35)21-13-15-31-16-14-21/h6-8,11-18,24,27H,3-5,9-10,19H2,1-2H3,(H,32,35). The largest absolute Gasteiger partial charge is 0.493 e. The summed E-state index contributed by atoms with van der Waals surface area (Å²) in [6.07, 6.45) is 8.58. The zero-order valence-electron chi connectivity index (χ0n) is 22.1. The predicted octanol–water partition coefficient (Wildman–Crippen LogP) is 6.52. The number of benzene rings is 2. The summed E-state index contributed by atoms with van der Waals surface area (Å²) in [5.74, 6) is 1.19. The molecule has 39 heavy (non-hydrogen) atoms. The Labute approximate surface area is 232 Å². The second kappa shape index (κ2) is 12.3. The number of hydrogen-bond acceptors (Lipinski definition) is 7. The van der Waals surface area contributed by atoms with Crippen LogP contribution in [0.5, 0.6) is 11.5 Å². The van der Waals surface area contributed by atoms with E-state index >= 15 is 0 Å². The van der Waals surface area contributed by atoms with E-state index in [-0.39, 0.29) is 29.0 Å². The number of amides is 2. The number of aromatic nitrogens is 1. The van der Waals surface area contributed by atoms with Crippen LogP contribution in [0.15, 0.2) is 72.1 Å². The Morgan fingerprint density at radius 2 is 1.87 bits per heavy atom. The van der Waals surface area contributed by atoms with E-state index in [4.69, 9.17) is 14.6 Å². The zero-order valence-corrected chi connectivity index (χ0v) is 22.9. The molecule has 1 aliphatic carbocycles. The number of anilines is 1. The van der Waals surface area contributed by atoms with Gasteiger partial charge in [0.1, 0.15) is 0 Å². The van der Waals surface area contributed by atoms with Gasteiger partial charge in [0.05, 0.1) is 30.7 Å². The third-order valence-corrected chi connectivity index (χ3v) is 8.13. The highest BCUT2D eigenvalue weighted by atomic mass is 32.2. The number of methoxy groups -OCH3 is 1. The number of carbonyl (C=O) groups is 2. The number of carbonyl (C=O) groups excluding carboxylic acids is 2. The molecule has 1 fully saturated rings. The SMILES string of the molecule is CCC1SC(=O)N(Cc2cccc(NC(=O)c3ccncc3)c2)N=C1c1ccc(OC)c(OC2CCCC2)c1. The summed E-state index contributed by atoms with van der Waals surface area (Å²) >= 11 is 1.29. The van der Waals surface area contributed by atoms with Gasteiger partial charge in [-0.15, -0.1) is 0 Å². The molecule has 3 aromatic rings. The van der Waals surface area contributed by atoms with Crippen LogP contribution in [0.4, 0.5) is 10.5 Å². The molecule has 0 bridgehead atoms. The number of nitrogens with zero attached hydrogens (tertiary/aromatic N) is 3. The van der Waals surface area contributed by atoms with Gasteiger partial charge in [-0.3, -0.25) is 14.6 Å². The maximum Gasteiger partial charge on any atom is 0.302 e. The highest BCUT2D eigenvalue weighted by molar-refractivity contribution is 8.14. The molecule has 1 aliphatic heterocycles. The molecule has 1 saturated carbocycles. The number of pyridine rings is 1. The van der Waals surface area contributed by atoms with Gasteiger partial charge < -0.3 is 14.8 Å². The van der Waals surface area contributed by atoms with Crippen LogP contribution in [0.25, 0.3) is 0 Å². The molecule has 2 aromatic carbocycles. The van der Waals surface area contributed by atoms with E-state index in [0.29, 0.717) is 22.7 Å². The lowest BCUT2D eigenvalue weighted by atomic mass is 10.0. The van der Waals surface area contributed by atoms with Gasteiger partial charge in [-0.2, -0.15) is 5.10 Å². The summed E-state index contributed by atoms with van der Waals surface area (Å²) in [6, 6.07) is 16.7. The summed E-state index contributed by atoms with van der Waals surface area (Å²) in [6.45, 7) is 2.34. The highest BCUT2D eigenvalue weighted by Gasteiger charge is 2.31. The van der Waals surface area contributed by atoms with Crippen molar-refractivity contribution < 1.29 is 19.1 Å². The monoisotopic (exact) mass is 544 g/mol. The molecule has 1 aromatic heterocycles. The zero-order chi connectivity index (χ0) is 27.2. The molecule has 9 heteroatoms. The first-order valence-corrected chi connectivity index (χ1v) is 14.1. The molecule has 2 heterocycles. The van der Waals surface area contributed by atoms with Crippen LogP contribution in [0.1, 0.15) is 60.5 Å². The Morgan fingerprint density at radius 1 is 1.08 bits per heavy atom. The fourth-order valence-corrected chi connectivity index (χ4v) is 5.77. The van der Waals surface area contributed by atoms with Crippen molar-refractivity contribution in [3.8, 4) is 11.5 Å². The van der Waals surface area contributed by atoms with Crippen LogP contribution < -0.4 is 14.8 Å². The summed E-state index contributed by atoms with van der Waals surface area (Å²) in [4.78, 5) is 29.6. The summed E-state index contributed by atoms with van der Waals surface area (Å²) in [5.41, 5.74) is 3.77. The van der Waals surface area contributed by atoms with Crippen LogP contribution >= 0.6 is 11.8 Å². The average molecular weight is 545 g/mol. The Hall–Kier alpha value is -3.85. The molecule has 2 amide bonds. The Bertz CT molecular complexity index is 1360. The van der Waals surface area contributed by atoms with Crippen LogP contribution in [-0.4, -0.2) is 45.3 Å². The molecule has 0 spiro atoms. The number of thioether (sulfide) groups is 1. The van der Waals surface area contributed by atoms with Crippen LogP contribution in [0.3, 0.4) is 0 Å². The average Bonchev–Trinajstić information content (AvgIpc) is 3.47. The fourth-order valence-electron chi connectivity index (χ4n) is 4.83. The summed E-state index contributed by atoms with van der Waals surface area (Å²) < 4.78 is 11.9. The number of ether oxygens (including phenoxy) is 2. The van der Waals surface area contributed by atoms with Gasteiger partial charge in [0, 0.05) is 29.2 Å². The number of rotatable bonds is 9. The third kappa shape index (κ3) is 6.42. The first-order valence-electron chi connectivity index (χ1n) is 13.3. The lowest BCUT2D eigenvalue weighted by Crippen LogP contribution is -2.34. The van der Waals surface area contributed by atoms with Gasteiger partial charge in [0.2, 0.25) is 0 Å². The molecule has 1 N–H and O–H groups in total. The van der Waals surface area contributed by atoms with Gasteiger partial charge >= 0.3 is 5.24 Å². The smallest absolute Gasteiger partial charge is 0.302 e. The van der Waals surface area contributed by atoms with Crippen molar-refractivity contribution in [3.05, 3.63) is 83.7 Å². The quantitative estimate of drug-likeness (QED) is 0.330. The molecule has 8 nitrogen and oxygen atoms in total. The lowest BCUT2D eigenvalue weighted by Gasteiger charge is -2.29. The highest BCUT2D eigenvalue weighted by Crippen LogP contribution is 2.36. The molecule has 0 saturated heterocycles. The van der Waals surface area contributed by atoms with Gasteiger partial charge in [-0.05, 0) is 80.1 Å². The van der Waals surface area contributed by atoms with E-state index < -0.39 is 0 Å². The Morgan fingerprint density at radius 3 is 2.62 bits per heavy atom. The normalized spacial score (nSPS) is 17.6.